The molecule has 0 amide bonds. The smallest absolute Gasteiger partial charge is 0.460 e. The number of aliphatic hydroxyl groups excluding tert-OH is 3. The number of alkyl halides is 21. The third-order valence-electron chi connectivity index (χ3n) is 6.24. The van der Waals surface area contributed by atoms with Gasteiger partial charge in [0.05, 0.1) is 0 Å². The largest absolute Gasteiger partial charge is 0.506 e. The molecule has 0 saturated carbocycles. The summed E-state index contributed by atoms with van der Waals surface area (Å²) in [7, 11) is 0. The van der Waals surface area contributed by atoms with Gasteiger partial charge < -0.3 is 15.3 Å². The van der Waals surface area contributed by atoms with E-state index in [1.54, 1.807) is 0 Å². The molecule has 58 heavy (non-hydrogen) atoms. The SMILES string of the molecule is CC(C)(C)C(=O)/C=C(/O)C(F)(F)C(F)(F)C(F)(F)F.CC(C)(C)C(=O)/C=C(/O)C(F)(F)C(F)(F)C(F)(F)F.CC(C)(C)C(=O)/C=C(/O)C(F)(F)C(F)(F)C(F)(F)F.[La]. The summed E-state index contributed by atoms with van der Waals surface area (Å²) in [5, 5.41) is 26.2. The topological polar surface area (TPSA) is 112 Å². The first-order chi connectivity index (χ1) is 24.1. The van der Waals surface area contributed by atoms with Gasteiger partial charge in [0.1, 0.15) is 0 Å². The van der Waals surface area contributed by atoms with Gasteiger partial charge in [-0.3, -0.25) is 14.4 Å². The van der Waals surface area contributed by atoms with Crippen molar-refractivity contribution in [3.05, 3.63) is 35.5 Å². The Morgan fingerprint density at radius 1 is 0.328 bits per heavy atom. The predicted octanol–water partition coefficient (Wildman–Crippen LogP) is 11.6. The monoisotopic (exact) mass is 1030 g/mol. The second-order valence-electron chi connectivity index (χ2n) is 14.4. The zero-order valence-electron chi connectivity index (χ0n) is 30.8. The Kier molecular flexibility index (Phi) is 20.3. The molecule has 0 aromatic heterocycles. The molecular formula is C30H33F21LaO6. The van der Waals surface area contributed by atoms with Crippen LogP contribution in [-0.4, -0.2) is 86.7 Å². The molecule has 0 aliphatic rings. The van der Waals surface area contributed by atoms with Crippen LogP contribution in [0.2, 0.25) is 0 Å². The van der Waals surface area contributed by atoms with Crippen molar-refractivity contribution >= 4 is 17.3 Å². The normalized spacial score (nSPS) is 15.3. The summed E-state index contributed by atoms with van der Waals surface area (Å²) in [5.41, 5.74) is -3.97. The molecule has 0 unspecified atom stereocenters. The van der Waals surface area contributed by atoms with Gasteiger partial charge in [-0.15, -0.1) is 0 Å². The van der Waals surface area contributed by atoms with Crippen molar-refractivity contribution in [2.75, 3.05) is 0 Å². The van der Waals surface area contributed by atoms with Crippen molar-refractivity contribution in [1.82, 2.24) is 0 Å². The van der Waals surface area contributed by atoms with Crippen LogP contribution in [0.4, 0.5) is 92.2 Å². The Hall–Kier alpha value is -2.65. The van der Waals surface area contributed by atoms with Crippen LogP contribution in [0.15, 0.2) is 35.5 Å². The molecule has 6 nitrogen and oxygen atoms in total. The third kappa shape index (κ3) is 14.8. The summed E-state index contributed by atoms with van der Waals surface area (Å²) in [6, 6.07) is 0. The molecule has 339 valence electrons. The van der Waals surface area contributed by atoms with Crippen molar-refractivity contribution in [2.45, 2.75) is 116 Å². The van der Waals surface area contributed by atoms with Crippen molar-refractivity contribution in [1.29, 1.82) is 0 Å². The van der Waals surface area contributed by atoms with Gasteiger partial charge in [0.25, 0.3) is 0 Å². The molecule has 0 aromatic carbocycles. The van der Waals surface area contributed by atoms with Gasteiger partial charge in [0.15, 0.2) is 34.6 Å². The number of rotatable bonds is 9. The van der Waals surface area contributed by atoms with Crippen LogP contribution in [0.25, 0.3) is 0 Å². The summed E-state index contributed by atoms with van der Waals surface area (Å²) in [6.07, 6.45) is -20.7. The van der Waals surface area contributed by atoms with Gasteiger partial charge in [-0.2, -0.15) is 92.2 Å². The Labute approximate surface area is 342 Å². The van der Waals surface area contributed by atoms with Crippen LogP contribution < -0.4 is 0 Å². The number of halogens is 21. The van der Waals surface area contributed by atoms with Gasteiger partial charge in [0.2, 0.25) is 0 Å². The Balaban J connectivity index is -0.000000374. The van der Waals surface area contributed by atoms with E-state index in [0.29, 0.717) is 0 Å². The minimum absolute atomic E-state index is 0. The predicted molar refractivity (Wildman–Crippen MR) is 153 cm³/mol. The van der Waals surface area contributed by atoms with E-state index in [-0.39, 0.29) is 53.8 Å². The fourth-order valence-corrected chi connectivity index (χ4v) is 2.31. The van der Waals surface area contributed by atoms with E-state index in [2.05, 4.69) is 0 Å². The number of allylic oxidation sites excluding steroid dienone is 6. The Morgan fingerprint density at radius 2 is 0.448 bits per heavy atom. The quantitative estimate of drug-likeness (QED) is 0.121. The molecule has 28 heteroatoms. The molecule has 0 fully saturated rings. The zero-order valence-corrected chi connectivity index (χ0v) is 34.4. The van der Waals surface area contributed by atoms with E-state index in [1.807, 2.05) is 0 Å². The van der Waals surface area contributed by atoms with E-state index in [0.717, 1.165) is 0 Å². The van der Waals surface area contributed by atoms with Gasteiger partial charge in [0, 0.05) is 70.1 Å². The first kappa shape index (κ1) is 62.0. The molecule has 1 radical (unpaired) electrons. The summed E-state index contributed by atoms with van der Waals surface area (Å²) < 4.78 is 259. The third-order valence-corrected chi connectivity index (χ3v) is 6.24. The molecular weight excluding hydrogens is 994 g/mol. The molecule has 0 heterocycles. The van der Waals surface area contributed by atoms with Crippen molar-refractivity contribution < 1.29 is 158 Å². The maximum absolute atomic E-state index is 12.9. The molecule has 0 spiro atoms. The van der Waals surface area contributed by atoms with Gasteiger partial charge in [-0.1, -0.05) is 62.3 Å². The minimum Gasteiger partial charge on any atom is -0.506 e. The van der Waals surface area contributed by atoms with Crippen LogP contribution in [0.1, 0.15) is 62.3 Å². The second kappa shape index (κ2) is 19.0. The van der Waals surface area contributed by atoms with E-state index >= 15 is 0 Å². The number of carbonyl (C=O) groups excluding carboxylic acids is 3. The average Bonchev–Trinajstić information content (AvgIpc) is 2.93. The van der Waals surface area contributed by atoms with E-state index in [9.17, 15) is 107 Å². The number of aliphatic hydroxyl groups is 3. The second-order valence-corrected chi connectivity index (χ2v) is 14.4. The van der Waals surface area contributed by atoms with Crippen molar-refractivity contribution in [3.8, 4) is 0 Å². The maximum Gasteiger partial charge on any atom is 0.460 e. The fraction of sp³-hybridized carbons (Fsp3) is 0.700. The molecule has 0 aliphatic heterocycles. The molecule has 0 rings (SSSR count). The maximum atomic E-state index is 12.9. The molecule has 0 bridgehead atoms. The van der Waals surface area contributed by atoms with Gasteiger partial charge in [-0.25, -0.2) is 0 Å². The van der Waals surface area contributed by atoms with Crippen LogP contribution >= 0.6 is 0 Å². The van der Waals surface area contributed by atoms with Gasteiger partial charge >= 0.3 is 54.1 Å². The van der Waals surface area contributed by atoms with Crippen LogP contribution in [0.3, 0.4) is 0 Å². The van der Waals surface area contributed by atoms with E-state index < -0.39 is 105 Å². The standard InChI is InChI=1S/3C10H11F7O2.La/c3*1-7(2,3)5(18)4-6(19)8(11,12)9(13,14)10(15,16)17;/h3*4,19H,1-3H3;/b3*6-4+;. The molecule has 0 aromatic rings. The van der Waals surface area contributed by atoms with E-state index in [1.165, 1.54) is 62.3 Å². The van der Waals surface area contributed by atoms with Crippen molar-refractivity contribution in [3.63, 3.8) is 0 Å². The molecule has 0 saturated heterocycles. The summed E-state index contributed by atoms with van der Waals surface area (Å²) in [5.74, 6) is -48.8. The fourth-order valence-electron chi connectivity index (χ4n) is 2.31. The first-order valence-electron chi connectivity index (χ1n) is 14.5. The number of ketones is 3. The minimum atomic E-state index is -6.57. The Morgan fingerprint density at radius 3 is 0.534 bits per heavy atom. The molecule has 0 aliphatic carbocycles. The van der Waals surface area contributed by atoms with Crippen molar-refractivity contribution in [2.24, 2.45) is 16.2 Å². The summed E-state index contributed by atoms with van der Waals surface area (Å²) in [6.45, 7) is 10.9. The average molecular weight is 1030 g/mol. The zero-order chi connectivity index (χ0) is 47.6. The molecule has 0 atom stereocenters. The van der Waals surface area contributed by atoms with Gasteiger partial charge in [-0.05, 0) is 0 Å². The van der Waals surface area contributed by atoms with Crippen LogP contribution in [0, 0.1) is 51.8 Å². The number of carbonyl (C=O) groups is 3. The summed E-state index contributed by atoms with van der Waals surface area (Å²) in [4.78, 5) is 33.6. The van der Waals surface area contributed by atoms with E-state index in [4.69, 9.17) is 15.3 Å². The van der Waals surface area contributed by atoms with Crippen LogP contribution in [0.5, 0.6) is 0 Å². The number of hydrogen-bond acceptors (Lipinski definition) is 6. The first-order valence-corrected chi connectivity index (χ1v) is 14.5. The Bertz CT molecular complexity index is 1350. The molecule has 3 N–H and O–H groups in total. The number of hydrogen-bond donors (Lipinski definition) is 3. The summed E-state index contributed by atoms with van der Waals surface area (Å²) >= 11 is 0. The van der Waals surface area contributed by atoms with Crippen LogP contribution in [-0.2, 0) is 14.4 Å².